The van der Waals surface area contributed by atoms with Crippen LogP contribution in [0.2, 0.25) is 0 Å². The molecule has 1 aromatic heterocycles. The van der Waals surface area contributed by atoms with Crippen LogP contribution in [0, 0.1) is 0 Å². The Labute approximate surface area is 162 Å². The molecule has 3 N–H and O–H groups in total. The molecule has 0 atom stereocenters. The van der Waals surface area contributed by atoms with E-state index in [1.807, 2.05) is 60.7 Å². The van der Waals surface area contributed by atoms with Crippen LogP contribution in [0.25, 0.3) is 0 Å². The molecule has 0 aliphatic carbocycles. The van der Waals surface area contributed by atoms with Crippen molar-refractivity contribution in [2.24, 2.45) is 0 Å². The number of nitrogens with one attached hydrogen (secondary N) is 1. The number of aryl methyl sites for hydroxylation is 1. The number of aromatic nitrogens is 2. The largest absolute Gasteiger partial charge is 0.383 e. The van der Waals surface area contributed by atoms with Crippen LogP contribution in [0.3, 0.4) is 0 Å². The SMILES string of the molecule is CN(C(=O)CCc1ccccc1)c1c(N)n(Cc2ccccc2)c(=O)[nH]c1=O. The zero-order valence-corrected chi connectivity index (χ0v) is 15.6. The number of nitrogens with two attached hydrogens (primary N) is 1. The minimum atomic E-state index is -0.678. The lowest BCUT2D eigenvalue weighted by Gasteiger charge is -2.20. The Kier molecular flexibility index (Phi) is 5.74. The molecule has 2 aromatic carbocycles. The number of anilines is 2. The topological polar surface area (TPSA) is 101 Å². The third kappa shape index (κ3) is 4.20. The van der Waals surface area contributed by atoms with Crippen LogP contribution in [0.5, 0.6) is 0 Å². The summed E-state index contributed by atoms with van der Waals surface area (Å²) in [5.74, 6) is -0.292. The molecule has 0 radical (unpaired) electrons. The number of hydrogen-bond acceptors (Lipinski definition) is 4. The zero-order valence-electron chi connectivity index (χ0n) is 15.6. The molecule has 0 unspecified atom stereocenters. The van der Waals surface area contributed by atoms with Crippen LogP contribution in [-0.2, 0) is 17.8 Å². The number of nitrogen functional groups attached to an aromatic ring is 1. The Morgan fingerprint density at radius 2 is 1.57 bits per heavy atom. The summed E-state index contributed by atoms with van der Waals surface area (Å²) in [6.45, 7) is 0.196. The predicted octanol–water partition coefficient (Wildman–Crippen LogP) is 1.76. The van der Waals surface area contributed by atoms with Gasteiger partial charge in [-0.05, 0) is 17.5 Å². The van der Waals surface area contributed by atoms with Gasteiger partial charge in [0.05, 0.1) is 6.54 Å². The highest BCUT2D eigenvalue weighted by Gasteiger charge is 2.20. The van der Waals surface area contributed by atoms with E-state index in [1.54, 1.807) is 0 Å². The summed E-state index contributed by atoms with van der Waals surface area (Å²) in [5, 5.41) is 0. The molecule has 0 bridgehead atoms. The number of aromatic amines is 1. The summed E-state index contributed by atoms with van der Waals surface area (Å²) in [6, 6.07) is 18.9. The number of H-pyrrole nitrogens is 1. The molecule has 7 heteroatoms. The van der Waals surface area contributed by atoms with E-state index in [0.29, 0.717) is 6.42 Å². The van der Waals surface area contributed by atoms with Gasteiger partial charge in [-0.25, -0.2) is 4.79 Å². The molecule has 3 aromatic rings. The van der Waals surface area contributed by atoms with Crippen LogP contribution in [0.1, 0.15) is 17.5 Å². The minimum absolute atomic E-state index is 0.0198. The molecule has 0 aliphatic rings. The smallest absolute Gasteiger partial charge is 0.330 e. The van der Waals surface area contributed by atoms with Gasteiger partial charge in [0, 0.05) is 13.5 Å². The summed E-state index contributed by atoms with van der Waals surface area (Å²) in [7, 11) is 1.49. The maximum Gasteiger partial charge on any atom is 0.330 e. The van der Waals surface area contributed by atoms with E-state index >= 15 is 0 Å². The van der Waals surface area contributed by atoms with Gasteiger partial charge in [-0.3, -0.25) is 19.1 Å². The fraction of sp³-hybridized carbons (Fsp3) is 0.190. The average Bonchev–Trinajstić information content (AvgIpc) is 2.70. The first-order valence-electron chi connectivity index (χ1n) is 8.94. The number of carbonyl (C=O) groups is 1. The quantitative estimate of drug-likeness (QED) is 0.682. The molecule has 7 nitrogen and oxygen atoms in total. The molecular weight excluding hydrogens is 356 g/mol. The van der Waals surface area contributed by atoms with Crippen molar-refractivity contribution < 1.29 is 4.79 Å². The number of hydrogen-bond donors (Lipinski definition) is 2. The van der Waals surface area contributed by atoms with Gasteiger partial charge in [0.25, 0.3) is 5.56 Å². The van der Waals surface area contributed by atoms with E-state index in [4.69, 9.17) is 5.73 Å². The molecular formula is C21H22N4O3. The average molecular weight is 378 g/mol. The van der Waals surface area contributed by atoms with E-state index in [9.17, 15) is 14.4 Å². The summed E-state index contributed by atoms with van der Waals surface area (Å²) in [6.07, 6.45) is 0.767. The van der Waals surface area contributed by atoms with Crippen molar-refractivity contribution in [2.45, 2.75) is 19.4 Å². The van der Waals surface area contributed by atoms with Crippen molar-refractivity contribution in [3.63, 3.8) is 0 Å². The molecule has 3 rings (SSSR count). The third-order valence-electron chi connectivity index (χ3n) is 4.58. The number of nitrogens with zero attached hydrogens (tertiary/aromatic N) is 2. The second kappa shape index (κ2) is 8.39. The van der Waals surface area contributed by atoms with Crippen LogP contribution in [0.4, 0.5) is 11.5 Å². The molecule has 0 saturated carbocycles. The summed E-state index contributed by atoms with van der Waals surface area (Å²) >= 11 is 0. The number of carbonyl (C=O) groups excluding carboxylic acids is 1. The van der Waals surface area contributed by atoms with Gasteiger partial charge in [0.1, 0.15) is 5.82 Å². The first-order valence-corrected chi connectivity index (χ1v) is 8.94. The molecule has 1 amide bonds. The monoisotopic (exact) mass is 378 g/mol. The molecule has 1 heterocycles. The maximum absolute atomic E-state index is 12.6. The highest BCUT2D eigenvalue weighted by atomic mass is 16.2. The van der Waals surface area contributed by atoms with Crippen molar-refractivity contribution in [2.75, 3.05) is 17.7 Å². The van der Waals surface area contributed by atoms with Gasteiger partial charge < -0.3 is 10.6 Å². The van der Waals surface area contributed by atoms with Crippen molar-refractivity contribution in [1.82, 2.24) is 9.55 Å². The first kappa shape index (κ1) is 19.2. The molecule has 144 valence electrons. The lowest BCUT2D eigenvalue weighted by Crippen LogP contribution is -2.39. The van der Waals surface area contributed by atoms with Crippen molar-refractivity contribution in [3.05, 3.63) is 92.6 Å². The van der Waals surface area contributed by atoms with E-state index in [0.717, 1.165) is 11.1 Å². The Bertz CT molecular complexity index is 1070. The number of benzene rings is 2. The standard InChI is InChI=1S/C21H22N4O3/c1-24(17(26)13-12-15-8-4-2-5-9-15)18-19(22)25(21(28)23-20(18)27)14-16-10-6-3-7-11-16/h2-11H,12-14,22H2,1H3,(H,23,27,28). The lowest BCUT2D eigenvalue weighted by atomic mass is 10.1. The Morgan fingerprint density at radius 3 is 2.18 bits per heavy atom. The van der Waals surface area contributed by atoms with Gasteiger partial charge in [-0.2, -0.15) is 0 Å². The lowest BCUT2D eigenvalue weighted by molar-refractivity contribution is -0.118. The van der Waals surface area contributed by atoms with E-state index in [-0.39, 0.29) is 30.4 Å². The van der Waals surface area contributed by atoms with Crippen molar-refractivity contribution >= 4 is 17.4 Å². The van der Waals surface area contributed by atoms with Crippen LogP contribution >= 0.6 is 0 Å². The highest BCUT2D eigenvalue weighted by molar-refractivity contribution is 5.95. The van der Waals surface area contributed by atoms with Crippen molar-refractivity contribution in [3.8, 4) is 0 Å². The highest BCUT2D eigenvalue weighted by Crippen LogP contribution is 2.17. The van der Waals surface area contributed by atoms with E-state index < -0.39 is 11.2 Å². The van der Waals surface area contributed by atoms with Gasteiger partial charge >= 0.3 is 5.69 Å². The second-order valence-electron chi connectivity index (χ2n) is 6.50. The summed E-state index contributed by atoms with van der Waals surface area (Å²) in [5.41, 5.74) is 6.70. The number of amides is 1. The van der Waals surface area contributed by atoms with Crippen LogP contribution in [0.15, 0.2) is 70.3 Å². The normalized spacial score (nSPS) is 10.6. The summed E-state index contributed by atoms with van der Waals surface area (Å²) in [4.78, 5) is 40.7. The van der Waals surface area contributed by atoms with Gasteiger partial charge in [0.2, 0.25) is 5.91 Å². The minimum Gasteiger partial charge on any atom is -0.383 e. The fourth-order valence-corrected chi connectivity index (χ4v) is 3.01. The second-order valence-corrected chi connectivity index (χ2v) is 6.50. The Balaban J connectivity index is 1.86. The summed E-state index contributed by atoms with van der Waals surface area (Å²) < 4.78 is 1.26. The molecule has 0 fully saturated rings. The Hall–Kier alpha value is -3.61. The predicted molar refractivity (Wildman–Crippen MR) is 109 cm³/mol. The van der Waals surface area contributed by atoms with Crippen LogP contribution < -0.4 is 21.9 Å². The fourth-order valence-electron chi connectivity index (χ4n) is 3.01. The number of rotatable bonds is 6. The molecule has 0 saturated heterocycles. The third-order valence-corrected chi connectivity index (χ3v) is 4.58. The zero-order chi connectivity index (χ0) is 20.1. The molecule has 0 aliphatic heterocycles. The molecule has 0 spiro atoms. The van der Waals surface area contributed by atoms with Crippen molar-refractivity contribution in [1.29, 1.82) is 0 Å². The molecule has 28 heavy (non-hydrogen) atoms. The first-order chi connectivity index (χ1) is 13.5. The van der Waals surface area contributed by atoms with Crippen LogP contribution in [-0.4, -0.2) is 22.5 Å². The van der Waals surface area contributed by atoms with E-state index in [2.05, 4.69) is 4.98 Å². The maximum atomic E-state index is 12.6. The van der Waals surface area contributed by atoms with Gasteiger partial charge in [0.15, 0.2) is 5.69 Å². The Morgan fingerprint density at radius 1 is 1.00 bits per heavy atom. The van der Waals surface area contributed by atoms with Gasteiger partial charge in [-0.1, -0.05) is 60.7 Å². The van der Waals surface area contributed by atoms with E-state index in [1.165, 1.54) is 16.5 Å². The van der Waals surface area contributed by atoms with Gasteiger partial charge in [-0.15, -0.1) is 0 Å².